The molecule has 0 N–H and O–H groups in total. The van der Waals surface area contributed by atoms with E-state index < -0.39 is 0 Å². The van der Waals surface area contributed by atoms with E-state index in [9.17, 15) is 14.4 Å². The van der Waals surface area contributed by atoms with Crippen LogP contribution in [0.2, 0.25) is 0 Å². The molecule has 0 unspecified atom stereocenters. The van der Waals surface area contributed by atoms with Crippen molar-refractivity contribution in [2.24, 2.45) is 0 Å². The van der Waals surface area contributed by atoms with Crippen LogP contribution < -0.4 is 16.7 Å². The minimum absolute atomic E-state index is 0. The molecule has 6 heterocycles. The molecule has 0 fully saturated rings. The number of fused-ring (bicyclic) bond motifs is 6. The van der Waals surface area contributed by atoms with E-state index in [0.717, 1.165) is 72.2 Å². The van der Waals surface area contributed by atoms with Gasteiger partial charge in [0.15, 0.2) is 16.7 Å². The van der Waals surface area contributed by atoms with Crippen molar-refractivity contribution < 1.29 is 60.3 Å². The van der Waals surface area contributed by atoms with Gasteiger partial charge in [-0.05, 0) is 136 Å². The van der Waals surface area contributed by atoms with Crippen molar-refractivity contribution in [3.8, 4) is 89.0 Å². The molecule has 1 aliphatic carbocycles. The maximum absolute atomic E-state index is 12.8. The van der Waals surface area contributed by atoms with Crippen LogP contribution in [0.3, 0.4) is 0 Å². The summed E-state index contributed by atoms with van der Waals surface area (Å²) in [7, 11) is 0. The summed E-state index contributed by atoms with van der Waals surface area (Å²) in [5, 5.41) is 0. The van der Waals surface area contributed by atoms with Gasteiger partial charge in [-0.25, -0.2) is 0 Å². The third kappa shape index (κ3) is 15.4. The second-order valence-corrected chi connectivity index (χ2v) is 28.9. The van der Waals surface area contributed by atoms with Gasteiger partial charge in [-0.2, -0.15) is 0 Å². The zero-order valence-corrected chi connectivity index (χ0v) is 64.7. The van der Waals surface area contributed by atoms with Gasteiger partial charge in [0.25, 0.3) is 0 Å². The van der Waals surface area contributed by atoms with Gasteiger partial charge in [0.1, 0.15) is 0 Å². The molecule has 0 bridgehead atoms. The molecule has 6 nitrogen and oxygen atoms in total. The molecule has 14 aromatic rings. The Hall–Kier alpha value is -9.00. The zero-order valence-electron chi connectivity index (χ0n) is 57.5. The van der Waals surface area contributed by atoms with E-state index >= 15 is 0 Å². The fourth-order valence-electron chi connectivity index (χ4n) is 13.1. The first-order valence-corrected chi connectivity index (χ1v) is 33.0. The average molecular weight is 1830 g/mol. The molecule has 0 spiro atoms. The van der Waals surface area contributed by atoms with Gasteiger partial charge in [0.05, 0.1) is 0 Å². The SMILES string of the molecule is CC(C)(C)c1cc(=O)n2[c-]cc(-c3cccc(-c4cc(-c5ccccc5)cc(-c5ccccc5)c4)c3)cc2c1.CC(C)(C)c1cc(=O)n2[c-]cc(-c3cccc(-c4ccccc4)c3)cc2c1.CC(C)(C)c1cc(=O)n2[c-]cc(-c3cccc4c3-c3ccccc3C4(C)C)cc2c1.[Ir].[Ir].[Ir]. The number of rotatable bonds is 7. The van der Waals surface area contributed by atoms with Crippen molar-refractivity contribution in [3.63, 3.8) is 0 Å². The van der Waals surface area contributed by atoms with Crippen molar-refractivity contribution in [1.29, 1.82) is 0 Å². The molecule has 8 aromatic carbocycles. The van der Waals surface area contributed by atoms with E-state index in [1.165, 1.54) is 61.2 Å². The Morgan fingerprint density at radius 3 is 0.960 bits per heavy atom. The molecule has 6 aromatic heterocycles. The van der Waals surface area contributed by atoms with Crippen LogP contribution in [0.15, 0.2) is 287 Å². The third-order valence-corrected chi connectivity index (χ3v) is 18.6. The maximum Gasteiger partial charge on any atom is 0.170 e. The molecule has 1 aliphatic rings. The molecule has 3 radical (unpaired) electrons. The van der Waals surface area contributed by atoms with E-state index in [1.807, 2.05) is 48.5 Å². The van der Waals surface area contributed by atoms with Crippen LogP contribution in [0.5, 0.6) is 0 Å². The Morgan fingerprint density at radius 1 is 0.273 bits per heavy atom. The first-order chi connectivity index (χ1) is 45.9. The Balaban J connectivity index is 0.000000161. The molecular formula is C90H78Ir3N3O3-3. The monoisotopic (exact) mass is 1830 g/mol. The standard InChI is InChI=1S/C37H30NO.C28H26NO.C25H22NO.3Ir/c1-37(2,3)34-24-35-23-30(17-18-38(35)36(39)25-34)28-15-10-16-29(19-28)33-21-31(26-11-6-4-7-12-26)20-32(22-33)27-13-8-5-9-14-27;1-27(2,3)19-16-20-15-18(13-14-29(20)25(30)17-19)21-10-8-12-24-26(21)22-9-6-7-11-23(22)28(24,4)5;1-25(2,3)22-16-23-15-21(12-13-26(23)24(27)17-22)20-11-7-10-19(14-20)18-8-5-4-6-9-18;;;/h4-17,19-25H,1-3H3;6-13,15-17H,1-5H3;4-12,14-17H,1-3H3;;;/q3*-1;;;. The van der Waals surface area contributed by atoms with Crippen molar-refractivity contribution in [3.05, 3.63) is 350 Å². The number of benzene rings is 8. The number of aromatic nitrogens is 3. The average Bonchev–Trinajstić information content (AvgIpc) is 1.58. The quantitative estimate of drug-likeness (QED) is 0.149. The van der Waals surface area contributed by atoms with Crippen LogP contribution in [-0.2, 0) is 82.0 Å². The summed E-state index contributed by atoms with van der Waals surface area (Å²) in [6, 6.07) is 94.0. The first kappa shape index (κ1) is 72.7. The minimum Gasteiger partial charge on any atom is -0.405 e. The smallest absolute Gasteiger partial charge is 0.170 e. The molecule has 0 saturated heterocycles. The summed E-state index contributed by atoms with van der Waals surface area (Å²) in [6.07, 6.45) is 9.52. The van der Waals surface area contributed by atoms with Crippen molar-refractivity contribution in [2.45, 2.75) is 97.8 Å². The zero-order chi connectivity index (χ0) is 67.3. The Labute approximate surface area is 622 Å². The van der Waals surface area contributed by atoms with Gasteiger partial charge in [-0.3, -0.25) is 0 Å². The summed E-state index contributed by atoms with van der Waals surface area (Å²) in [5.74, 6) is 0. The number of pyridine rings is 6. The van der Waals surface area contributed by atoms with Crippen molar-refractivity contribution >= 4 is 16.6 Å². The molecule has 0 amide bonds. The molecule has 9 heteroatoms. The van der Waals surface area contributed by atoms with E-state index in [1.54, 1.807) is 31.4 Å². The second-order valence-electron chi connectivity index (χ2n) is 28.9. The van der Waals surface area contributed by atoms with Crippen molar-refractivity contribution in [2.75, 3.05) is 0 Å². The topological polar surface area (TPSA) is 64.4 Å². The Bertz CT molecular complexity index is 5400. The van der Waals surface area contributed by atoms with Gasteiger partial charge < -0.3 is 27.6 Å². The molecular weight excluding hydrogens is 1750 g/mol. The molecule has 501 valence electrons. The van der Waals surface area contributed by atoms with Crippen LogP contribution in [0.1, 0.15) is 104 Å². The molecule has 99 heavy (non-hydrogen) atoms. The summed E-state index contributed by atoms with van der Waals surface area (Å²) < 4.78 is 4.79. The van der Waals surface area contributed by atoms with Crippen LogP contribution in [-0.4, -0.2) is 13.2 Å². The number of nitrogens with zero attached hydrogens (tertiary/aromatic N) is 3. The predicted molar refractivity (Wildman–Crippen MR) is 399 cm³/mol. The third-order valence-electron chi connectivity index (χ3n) is 18.6. The molecule has 0 saturated carbocycles. The normalized spacial score (nSPS) is 12.2. The summed E-state index contributed by atoms with van der Waals surface area (Å²) in [4.78, 5) is 37.9. The largest absolute Gasteiger partial charge is 0.405 e. The number of hydrogen-bond donors (Lipinski definition) is 0. The maximum atomic E-state index is 12.8. The van der Waals surface area contributed by atoms with E-state index in [0.29, 0.717) is 0 Å². The predicted octanol–water partition coefficient (Wildman–Crippen LogP) is 21.2. The molecule has 0 atom stereocenters. The first-order valence-electron chi connectivity index (χ1n) is 33.0. The van der Waals surface area contributed by atoms with E-state index in [-0.39, 0.29) is 98.7 Å². The van der Waals surface area contributed by atoms with E-state index in [4.69, 9.17) is 0 Å². The van der Waals surface area contributed by atoms with E-state index in [2.05, 4.69) is 301 Å². The fourth-order valence-corrected chi connectivity index (χ4v) is 13.1. The van der Waals surface area contributed by atoms with Crippen LogP contribution in [0.25, 0.3) is 106 Å². The van der Waals surface area contributed by atoms with Crippen LogP contribution in [0, 0.1) is 18.6 Å². The van der Waals surface area contributed by atoms with Gasteiger partial charge in [0, 0.05) is 65.7 Å². The van der Waals surface area contributed by atoms with Crippen LogP contribution in [0.4, 0.5) is 0 Å². The summed E-state index contributed by atoms with van der Waals surface area (Å²) >= 11 is 0. The summed E-state index contributed by atoms with van der Waals surface area (Å²) in [5.41, 5.74) is 26.6. The van der Waals surface area contributed by atoms with Gasteiger partial charge in [-0.15, -0.1) is 36.4 Å². The fraction of sp³-hybridized carbons (Fsp3) is 0.167. The molecule has 0 aliphatic heterocycles. The van der Waals surface area contributed by atoms with Crippen LogP contribution >= 0.6 is 0 Å². The minimum atomic E-state index is -0.107. The Morgan fingerprint density at radius 2 is 0.556 bits per heavy atom. The van der Waals surface area contributed by atoms with Gasteiger partial charge >= 0.3 is 0 Å². The second kappa shape index (κ2) is 29.4. The Kier molecular flexibility index (Phi) is 21.6. The van der Waals surface area contributed by atoms with Gasteiger partial charge in [0.2, 0.25) is 0 Å². The number of hydrogen-bond acceptors (Lipinski definition) is 3. The van der Waals surface area contributed by atoms with Gasteiger partial charge in [-0.1, -0.05) is 345 Å². The summed E-state index contributed by atoms with van der Waals surface area (Å²) in [6.45, 7) is 23.7. The molecule has 15 rings (SSSR count). The van der Waals surface area contributed by atoms with Crippen molar-refractivity contribution in [1.82, 2.24) is 13.2 Å².